The van der Waals surface area contributed by atoms with Crippen LogP contribution in [0.3, 0.4) is 0 Å². The quantitative estimate of drug-likeness (QED) is 0.429. The van der Waals surface area contributed by atoms with Gasteiger partial charge in [-0.15, -0.1) is 0 Å². The maximum Gasteiger partial charge on any atom is 0.243 e. The van der Waals surface area contributed by atoms with Crippen LogP contribution in [0.25, 0.3) is 11.1 Å². The van der Waals surface area contributed by atoms with Gasteiger partial charge < -0.3 is 24.8 Å². The molecule has 3 aromatic rings. The van der Waals surface area contributed by atoms with Gasteiger partial charge in [0.1, 0.15) is 17.6 Å². The number of rotatable bonds is 10. The third-order valence-corrected chi connectivity index (χ3v) is 5.64. The second kappa shape index (κ2) is 11.5. The number of methoxy groups -OCH3 is 2. The van der Waals surface area contributed by atoms with E-state index in [1.807, 2.05) is 30.3 Å². The normalized spacial score (nSPS) is 11.7. The van der Waals surface area contributed by atoms with E-state index >= 15 is 0 Å². The maximum absolute atomic E-state index is 14.4. The summed E-state index contributed by atoms with van der Waals surface area (Å²) in [6.07, 6.45) is 1.04. The number of carbonyl (C=O) groups excluding carboxylic acids is 1. The lowest BCUT2D eigenvalue weighted by Gasteiger charge is -2.22. The van der Waals surface area contributed by atoms with Crippen LogP contribution in [0.1, 0.15) is 23.6 Å². The van der Waals surface area contributed by atoms with Gasteiger partial charge in [0, 0.05) is 19.7 Å². The van der Waals surface area contributed by atoms with Gasteiger partial charge in [0.15, 0.2) is 11.5 Å². The minimum Gasteiger partial charge on any atom is -0.507 e. The van der Waals surface area contributed by atoms with Crippen LogP contribution in [0.4, 0.5) is 4.39 Å². The van der Waals surface area contributed by atoms with Crippen LogP contribution < -0.4 is 14.8 Å². The van der Waals surface area contributed by atoms with Crippen molar-refractivity contribution >= 4 is 5.91 Å². The summed E-state index contributed by atoms with van der Waals surface area (Å²) < 4.78 is 25.0. The molecular formula is C27H31FN2O4. The Hall–Kier alpha value is -3.58. The van der Waals surface area contributed by atoms with Gasteiger partial charge >= 0.3 is 0 Å². The van der Waals surface area contributed by atoms with E-state index in [9.17, 15) is 14.3 Å². The van der Waals surface area contributed by atoms with Gasteiger partial charge in [-0.3, -0.25) is 4.79 Å². The molecule has 0 spiro atoms. The first-order valence-electron chi connectivity index (χ1n) is 11.1. The Morgan fingerprint density at radius 3 is 2.38 bits per heavy atom. The molecule has 0 saturated carbocycles. The summed E-state index contributed by atoms with van der Waals surface area (Å²) >= 11 is 0. The van der Waals surface area contributed by atoms with Crippen molar-refractivity contribution in [2.75, 3.05) is 34.9 Å². The van der Waals surface area contributed by atoms with Gasteiger partial charge in [-0.25, -0.2) is 4.39 Å². The van der Waals surface area contributed by atoms with Crippen LogP contribution in [-0.4, -0.2) is 50.8 Å². The van der Waals surface area contributed by atoms with E-state index in [0.29, 0.717) is 47.6 Å². The van der Waals surface area contributed by atoms with E-state index in [0.717, 1.165) is 5.56 Å². The number of amides is 1. The van der Waals surface area contributed by atoms with E-state index in [1.165, 1.54) is 26.4 Å². The number of aromatic hydroxyl groups is 1. The summed E-state index contributed by atoms with van der Waals surface area (Å²) in [6.45, 7) is 0.515. The average molecular weight is 467 g/mol. The Labute approximate surface area is 199 Å². The van der Waals surface area contributed by atoms with Crippen molar-refractivity contribution in [3.8, 4) is 28.4 Å². The molecule has 1 atom stereocenters. The molecule has 0 fully saturated rings. The number of hydrogen-bond acceptors (Lipinski definition) is 5. The molecule has 0 aliphatic carbocycles. The summed E-state index contributed by atoms with van der Waals surface area (Å²) in [4.78, 5) is 14.2. The van der Waals surface area contributed by atoms with Crippen molar-refractivity contribution < 1.29 is 23.8 Å². The monoisotopic (exact) mass is 466 g/mol. The molecule has 6 nitrogen and oxygen atoms in total. The van der Waals surface area contributed by atoms with Crippen LogP contribution in [0.15, 0.2) is 60.7 Å². The fourth-order valence-corrected chi connectivity index (χ4v) is 3.85. The number of nitrogens with one attached hydrogen (secondary N) is 1. The molecule has 0 heterocycles. The lowest BCUT2D eigenvalue weighted by atomic mass is 9.98. The zero-order valence-electron chi connectivity index (χ0n) is 20.0. The van der Waals surface area contributed by atoms with E-state index in [1.54, 1.807) is 37.2 Å². The van der Waals surface area contributed by atoms with Crippen LogP contribution in [0.5, 0.6) is 17.2 Å². The second-order valence-electron chi connectivity index (χ2n) is 8.16. The number of nitrogens with zero attached hydrogens (tertiary/aromatic N) is 1. The molecule has 180 valence electrons. The van der Waals surface area contributed by atoms with E-state index < -0.39 is 11.9 Å². The largest absolute Gasteiger partial charge is 0.507 e. The predicted molar refractivity (Wildman–Crippen MR) is 131 cm³/mol. The molecule has 3 rings (SSSR count). The Kier molecular flexibility index (Phi) is 8.49. The van der Waals surface area contributed by atoms with Crippen molar-refractivity contribution in [2.24, 2.45) is 0 Å². The van der Waals surface area contributed by atoms with E-state index in [2.05, 4.69) is 5.32 Å². The summed E-state index contributed by atoms with van der Waals surface area (Å²) in [5.74, 6) is 0.587. The standard InChI is InChI=1S/C27H31FN2O4/c1-30(2)27(32)25(18-9-6-5-7-10-18)29-14-8-11-20-15-21(28)17-22(26(20)31)19-12-13-23(33-3)24(16-19)34-4/h5-7,9-10,12-13,15-17,25,29,31H,8,11,14H2,1-4H3. The number of halogens is 1. The zero-order valence-corrected chi connectivity index (χ0v) is 20.0. The third kappa shape index (κ3) is 5.85. The van der Waals surface area contributed by atoms with Crippen molar-refractivity contribution in [1.82, 2.24) is 10.2 Å². The first-order valence-corrected chi connectivity index (χ1v) is 11.1. The van der Waals surface area contributed by atoms with Gasteiger partial charge in [0.25, 0.3) is 0 Å². The third-order valence-electron chi connectivity index (χ3n) is 5.64. The maximum atomic E-state index is 14.4. The van der Waals surface area contributed by atoms with Gasteiger partial charge in [-0.05, 0) is 60.3 Å². The molecule has 0 aliphatic heterocycles. The molecule has 1 unspecified atom stereocenters. The van der Waals surface area contributed by atoms with Gasteiger partial charge in [0.2, 0.25) is 5.91 Å². The molecule has 0 aromatic heterocycles. The highest BCUT2D eigenvalue weighted by Crippen LogP contribution is 2.38. The molecule has 0 radical (unpaired) electrons. The van der Waals surface area contributed by atoms with Crippen molar-refractivity contribution in [3.05, 3.63) is 77.6 Å². The highest BCUT2D eigenvalue weighted by molar-refractivity contribution is 5.82. The number of ether oxygens (including phenoxy) is 2. The highest BCUT2D eigenvalue weighted by atomic mass is 19.1. The summed E-state index contributed by atoms with van der Waals surface area (Å²) in [6, 6.07) is 16.9. The smallest absolute Gasteiger partial charge is 0.243 e. The van der Waals surface area contributed by atoms with E-state index in [-0.39, 0.29) is 11.7 Å². The van der Waals surface area contributed by atoms with Crippen molar-refractivity contribution in [1.29, 1.82) is 0 Å². The first kappa shape index (κ1) is 25.1. The van der Waals surface area contributed by atoms with Gasteiger partial charge in [0.05, 0.1) is 14.2 Å². The predicted octanol–water partition coefficient (Wildman–Crippen LogP) is 4.57. The average Bonchev–Trinajstić information content (AvgIpc) is 2.85. The summed E-state index contributed by atoms with van der Waals surface area (Å²) in [5.41, 5.74) is 2.39. The minimum absolute atomic E-state index is 0.0256. The molecular weight excluding hydrogens is 435 g/mol. The first-order chi connectivity index (χ1) is 16.3. The lowest BCUT2D eigenvalue weighted by Crippen LogP contribution is -2.37. The molecule has 0 saturated heterocycles. The molecule has 0 aliphatic rings. The SMILES string of the molecule is COc1ccc(-c2cc(F)cc(CCCNC(C(=O)N(C)C)c3ccccc3)c2O)cc1OC. The fraction of sp³-hybridized carbons (Fsp3) is 0.296. The Bertz CT molecular complexity index is 1120. The van der Waals surface area contributed by atoms with E-state index in [4.69, 9.17) is 9.47 Å². The molecule has 2 N–H and O–H groups in total. The lowest BCUT2D eigenvalue weighted by molar-refractivity contribution is -0.131. The number of likely N-dealkylation sites (N-methyl/N-ethyl adjacent to an activating group) is 1. The number of phenolic OH excluding ortho intramolecular Hbond substituents is 1. The molecule has 34 heavy (non-hydrogen) atoms. The number of carbonyl (C=O) groups is 1. The number of benzene rings is 3. The van der Waals surface area contributed by atoms with Crippen molar-refractivity contribution in [3.63, 3.8) is 0 Å². The van der Waals surface area contributed by atoms with Crippen LogP contribution in [-0.2, 0) is 11.2 Å². The minimum atomic E-state index is -0.473. The fourth-order valence-electron chi connectivity index (χ4n) is 3.85. The molecule has 3 aromatic carbocycles. The number of hydrogen-bond donors (Lipinski definition) is 2. The van der Waals surface area contributed by atoms with Crippen LogP contribution >= 0.6 is 0 Å². The number of aryl methyl sites for hydroxylation is 1. The number of phenols is 1. The van der Waals surface area contributed by atoms with Crippen LogP contribution in [0, 0.1) is 5.82 Å². The Morgan fingerprint density at radius 1 is 1.03 bits per heavy atom. The Morgan fingerprint density at radius 2 is 1.74 bits per heavy atom. The summed E-state index contributed by atoms with van der Waals surface area (Å²) in [5, 5.41) is 14.2. The van der Waals surface area contributed by atoms with Crippen LogP contribution in [0.2, 0.25) is 0 Å². The zero-order chi connectivity index (χ0) is 24.7. The van der Waals surface area contributed by atoms with Gasteiger partial charge in [-0.1, -0.05) is 36.4 Å². The molecule has 7 heteroatoms. The topological polar surface area (TPSA) is 71.0 Å². The highest BCUT2D eigenvalue weighted by Gasteiger charge is 2.21. The van der Waals surface area contributed by atoms with Gasteiger partial charge in [-0.2, -0.15) is 0 Å². The second-order valence-corrected chi connectivity index (χ2v) is 8.16. The Balaban J connectivity index is 1.74. The summed E-state index contributed by atoms with van der Waals surface area (Å²) in [7, 11) is 6.51. The molecule has 1 amide bonds. The molecule has 0 bridgehead atoms. The van der Waals surface area contributed by atoms with Crippen molar-refractivity contribution in [2.45, 2.75) is 18.9 Å².